The van der Waals surface area contributed by atoms with E-state index in [1.165, 1.54) is 5.69 Å². The summed E-state index contributed by atoms with van der Waals surface area (Å²) in [7, 11) is 0. The molecule has 0 fully saturated rings. The number of benzene rings is 1. The van der Waals surface area contributed by atoms with Crippen molar-refractivity contribution in [2.75, 3.05) is 5.73 Å². The van der Waals surface area contributed by atoms with Crippen LogP contribution in [-0.4, -0.2) is 14.8 Å². The molecule has 2 N–H and O–H groups in total. The van der Waals surface area contributed by atoms with Crippen LogP contribution in [0.4, 0.5) is 5.69 Å². The maximum atomic E-state index is 5.74. The highest BCUT2D eigenvalue weighted by molar-refractivity contribution is 7.98. The maximum Gasteiger partial charge on any atom is 0.257 e. The number of aryl methyl sites for hydroxylation is 2. The molecule has 5 nitrogen and oxygen atoms in total. The molecule has 104 valence electrons. The molecule has 0 unspecified atom stereocenters. The molecular formula is C14H16N4OS. The molecular weight excluding hydrogens is 272 g/mol. The van der Waals surface area contributed by atoms with Gasteiger partial charge in [0, 0.05) is 23.7 Å². The van der Waals surface area contributed by atoms with E-state index in [9.17, 15) is 0 Å². The van der Waals surface area contributed by atoms with Crippen LogP contribution in [0.15, 0.2) is 33.9 Å². The number of rotatable bonds is 4. The summed E-state index contributed by atoms with van der Waals surface area (Å²) in [5.74, 6) is 0.789. The number of aromatic nitrogens is 3. The maximum absolute atomic E-state index is 5.74. The lowest BCUT2D eigenvalue weighted by Gasteiger charge is -2.01. The van der Waals surface area contributed by atoms with Crippen LogP contribution < -0.4 is 5.73 Å². The number of hydrogen-bond acceptors (Lipinski definition) is 5. The third-order valence-corrected chi connectivity index (χ3v) is 3.88. The van der Waals surface area contributed by atoms with Gasteiger partial charge in [0.2, 0.25) is 0 Å². The fourth-order valence-electron chi connectivity index (χ4n) is 2.11. The quantitative estimate of drug-likeness (QED) is 0.589. The van der Waals surface area contributed by atoms with Gasteiger partial charge in [-0.25, -0.2) is 4.98 Å². The Bertz CT molecular complexity index is 747. The second-order valence-corrected chi connectivity index (χ2v) is 5.52. The molecule has 0 saturated carbocycles. The van der Waals surface area contributed by atoms with Crippen molar-refractivity contribution in [2.24, 2.45) is 0 Å². The number of oxazole rings is 1. The molecule has 0 bridgehead atoms. The highest BCUT2D eigenvalue weighted by atomic mass is 32.2. The molecule has 0 spiro atoms. The van der Waals surface area contributed by atoms with Crippen molar-refractivity contribution in [3.8, 4) is 0 Å². The highest BCUT2D eigenvalue weighted by Gasteiger charge is 2.09. The van der Waals surface area contributed by atoms with Crippen molar-refractivity contribution < 1.29 is 4.42 Å². The summed E-state index contributed by atoms with van der Waals surface area (Å²) in [5.41, 5.74) is 10.2. The zero-order valence-corrected chi connectivity index (χ0v) is 12.3. The van der Waals surface area contributed by atoms with E-state index in [1.54, 1.807) is 11.8 Å². The fourth-order valence-corrected chi connectivity index (χ4v) is 2.93. The normalized spacial score (nSPS) is 11.3. The number of anilines is 1. The lowest BCUT2D eigenvalue weighted by atomic mass is 10.3. The minimum Gasteiger partial charge on any atom is -0.431 e. The van der Waals surface area contributed by atoms with Gasteiger partial charge >= 0.3 is 0 Å². The van der Waals surface area contributed by atoms with Crippen LogP contribution in [0, 0.1) is 6.92 Å². The molecule has 0 saturated heterocycles. The Morgan fingerprint density at radius 1 is 1.35 bits per heavy atom. The number of fused-ring (bicyclic) bond motifs is 1. The molecule has 6 heteroatoms. The average Bonchev–Trinajstić information content (AvgIpc) is 2.98. The van der Waals surface area contributed by atoms with Crippen molar-refractivity contribution in [1.29, 1.82) is 0 Å². The summed E-state index contributed by atoms with van der Waals surface area (Å²) < 4.78 is 7.69. The van der Waals surface area contributed by atoms with Crippen LogP contribution in [0.5, 0.6) is 0 Å². The van der Waals surface area contributed by atoms with Gasteiger partial charge in [-0.05, 0) is 38.1 Å². The first-order valence-electron chi connectivity index (χ1n) is 6.48. The summed E-state index contributed by atoms with van der Waals surface area (Å²) in [6, 6.07) is 7.58. The van der Waals surface area contributed by atoms with Crippen LogP contribution in [0.1, 0.15) is 18.3 Å². The first-order valence-corrected chi connectivity index (χ1v) is 7.46. The topological polar surface area (TPSA) is 69.9 Å². The van der Waals surface area contributed by atoms with Crippen molar-refractivity contribution in [2.45, 2.75) is 31.4 Å². The zero-order valence-electron chi connectivity index (χ0n) is 11.5. The lowest BCUT2D eigenvalue weighted by molar-refractivity contribution is 0.489. The van der Waals surface area contributed by atoms with Crippen LogP contribution in [0.2, 0.25) is 0 Å². The molecule has 0 aliphatic heterocycles. The number of nitrogen functional groups attached to an aromatic ring is 1. The SMILES string of the molecule is CCn1nc(C)cc1CSc1nc2cc(N)ccc2o1. The first-order chi connectivity index (χ1) is 9.65. The van der Waals surface area contributed by atoms with Crippen molar-refractivity contribution in [3.05, 3.63) is 35.7 Å². The van der Waals surface area contributed by atoms with Gasteiger partial charge in [0.1, 0.15) is 5.52 Å². The predicted molar refractivity (Wildman–Crippen MR) is 80.6 cm³/mol. The Hall–Kier alpha value is -1.95. The van der Waals surface area contributed by atoms with Gasteiger partial charge in [-0.2, -0.15) is 5.10 Å². The largest absolute Gasteiger partial charge is 0.431 e. The van der Waals surface area contributed by atoms with Gasteiger partial charge in [0.15, 0.2) is 5.58 Å². The molecule has 0 amide bonds. The summed E-state index contributed by atoms with van der Waals surface area (Å²) >= 11 is 1.57. The Kier molecular flexibility index (Phi) is 3.40. The fraction of sp³-hybridized carbons (Fsp3) is 0.286. The minimum atomic E-state index is 0.659. The molecule has 1 aromatic carbocycles. The van der Waals surface area contributed by atoms with Crippen LogP contribution >= 0.6 is 11.8 Å². The molecule has 0 atom stereocenters. The van der Waals surface area contributed by atoms with E-state index in [0.717, 1.165) is 29.1 Å². The summed E-state index contributed by atoms with van der Waals surface area (Å²) in [5, 5.41) is 5.09. The molecule has 3 rings (SSSR count). The number of thioether (sulfide) groups is 1. The Morgan fingerprint density at radius 3 is 3.00 bits per heavy atom. The van der Waals surface area contributed by atoms with E-state index in [1.807, 2.05) is 29.8 Å². The monoisotopic (exact) mass is 288 g/mol. The summed E-state index contributed by atoms with van der Waals surface area (Å²) in [4.78, 5) is 4.44. The van der Waals surface area contributed by atoms with Crippen LogP contribution in [-0.2, 0) is 12.3 Å². The molecule has 0 radical (unpaired) electrons. The molecule has 2 heterocycles. The Morgan fingerprint density at radius 2 is 2.20 bits per heavy atom. The molecule has 20 heavy (non-hydrogen) atoms. The standard InChI is InChI=1S/C14H16N4OS/c1-3-18-11(6-9(2)17-18)8-20-14-16-12-7-10(15)4-5-13(12)19-14/h4-7H,3,8,15H2,1-2H3. The van der Waals surface area contributed by atoms with E-state index in [0.29, 0.717) is 10.9 Å². The number of hydrogen-bond donors (Lipinski definition) is 1. The van der Waals surface area contributed by atoms with Crippen molar-refractivity contribution in [1.82, 2.24) is 14.8 Å². The summed E-state index contributed by atoms with van der Waals surface area (Å²) in [6.07, 6.45) is 0. The van der Waals surface area contributed by atoms with E-state index < -0.39 is 0 Å². The van der Waals surface area contributed by atoms with E-state index >= 15 is 0 Å². The average molecular weight is 288 g/mol. The molecule has 0 aliphatic carbocycles. The molecule has 2 aromatic heterocycles. The Labute approximate surface area is 121 Å². The predicted octanol–water partition coefficient (Wildman–Crippen LogP) is 3.23. The molecule has 3 aromatic rings. The van der Waals surface area contributed by atoms with Gasteiger partial charge in [0.05, 0.1) is 5.69 Å². The summed E-state index contributed by atoms with van der Waals surface area (Å²) in [6.45, 7) is 4.96. The zero-order chi connectivity index (χ0) is 14.1. The van der Waals surface area contributed by atoms with E-state index in [2.05, 4.69) is 23.1 Å². The number of nitrogens with zero attached hydrogens (tertiary/aromatic N) is 3. The van der Waals surface area contributed by atoms with Gasteiger partial charge in [-0.3, -0.25) is 4.68 Å². The Balaban J connectivity index is 1.79. The first kappa shape index (κ1) is 13.1. The third-order valence-electron chi connectivity index (χ3n) is 3.02. The highest BCUT2D eigenvalue weighted by Crippen LogP contribution is 2.27. The van der Waals surface area contributed by atoms with Crippen LogP contribution in [0.25, 0.3) is 11.1 Å². The van der Waals surface area contributed by atoms with E-state index in [4.69, 9.17) is 10.2 Å². The smallest absolute Gasteiger partial charge is 0.257 e. The molecule has 0 aliphatic rings. The lowest BCUT2D eigenvalue weighted by Crippen LogP contribution is -2.01. The second-order valence-electron chi connectivity index (χ2n) is 4.59. The van der Waals surface area contributed by atoms with Gasteiger partial charge in [0.25, 0.3) is 5.22 Å². The second kappa shape index (κ2) is 5.20. The minimum absolute atomic E-state index is 0.659. The van der Waals surface area contributed by atoms with Crippen molar-refractivity contribution >= 4 is 28.5 Å². The van der Waals surface area contributed by atoms with Gasteiger partial charge in [-0.1, -0.05) is 11.8 Å². The van der Waals surface area contributed by atoms with Gasteiger partial charge < -0.3 is 10.2 Å². The number of nitrogens with two attached hydrogens (primary N) is 1. The third kappa shape index (κ3) is 2.51. The van der Waals surface area contributed by atoms with Crippen LogP contribution in [0.3, 0.4) is 0 Å². The van der Waals surface area contributed by atoms with Gasteiger partial charge in [-0.15, -0.1) is 0 Å². The van der Waals surface area contributed by atoms with Crippen molar-refractivity contribution in [3.63, 3.8) is 0 Å². The van der Waals surface area contributed by atoms with E-state index in [-0.39, 0.29) is 0 Å².